The first-order valence-corrected chi connectivity index (χ1v) is 6.76. The fourth-order valence-corrected chi connectivity index (χ4v) is 3.91. The zero-order valence-corrected chi connectivity index (χ0v) is 10.0. The highest BCUT2D eigenvalue weighted by Gasteiger charge is 2.35. The van der Waals surface area contributed by atoms with E-state index in [1.54, 1.807) is 0 Å². The molecule has 0 radical (unpaired) electrons. The molecular weight excluding hydrogens is 194 g/mol. The largest absolute Gasteiger partial charge is 0.359 e. The average Bonchev–Trinajstić information content (AvgIpc) is 2.47. The molecule has 2 heterocycles. The Bertz CT molecular complexity index is 194. The first kappa shape index (κ1) is 10.8. The van der Waals surface area contributed by atoms with Crippen LogP contribution >= 0.6 is 11.8 Å². The van der Waals surface area contributed by atoms with E-state index < -0.39 is 0 Å². The van der Waals surface area contributed by atoms with E-state index in [0.717, 1.165) is 11.9 Å². The van der Waals surface area contributed by atoms with Gasteiger partial charge in [-0.1, -0.05) is 6.42 Å². The minimum atomic E-state index is -0.0472. The second-order valence-corrected chi connectivity index (χ2v) is 6.19. The van der Waals surface area contributed by atoms with Gasteiger partial charge in [0.2, 0.25) is 0 Å². The molecule has 0 bridgehead atoms. The van der Waals surface area contributed by atoms with Gasteiger partial charge in [0.1, 0.15) is 5.72 Å². The normalized spacial score (nSPS) is 44.1. The van der Waals surface area contributed by atoms with E-state index in [1.807, 2.05) is 0 Å². The van der Waals surface area contributed by atoms with E-state index in [2.05, 4.69) is 30.9 Å². The topological polar surface area (TPSA) is 21.3 Å². The molecule has 0 amide bonds. The second-order valence-electron chi connectivity index (χ2n) is 4.78. The number of ether oxygens (including phenoxy) is 1. The van der Waals surface area contributed by atoms with Gasteiger partial charge >= 0.3 is 0 Å². The molecular formula is C11H21NOS. The molecule has 2 aliphatic rings. The van der Waals surface area contributed by atoms with E-state index in [-0.39, 0.29) is 5.72 Å². The third-order valence-electron chi connectivity index (χ3n) is 3.09. The Morgan fingerprint density at radius 1 is 1.50 bits per heavy atom. The van der Waals surface area contributed by atoms with Crippen LogP contribution in [0.5, 0.6) is 0 Å². The Hall–Kier alpha value is 0.270. The summed E-state index contributed by atoms with van der Waals surface area (Å²) in [4.78, 5) is 0. The van der Waals surface area contributed by atoms with Crippen molar-refractivity contribution in [2.75, 3.05) is 12.4 Å². The summed E-state index contributed by atoms with van der Waals surface area (Å²) >= 11 is 2.13. The molecule has 0 spiro atoms. The SMILES string of the molecule is CC1COC(C)(CC2CCCCS2)N1. The predicted molar refractivity (Wildman–Crippen MR) is 61.7 cm³/mol. The van der Waals surface area contributed by atoms with Gasteiger partial charge in [0.05, 0.1) is 6.61 Å². The first-order valence-electron chi connectivity index (χ1n) is 5.71. The second kappa shape index (κ2) is 4.42. The highest BCUT2D eigenvalue weighted by Crippen LogP contribution is 2.33. The van der Waals surface area contributed by atoms with Crippen LogP contribution in [0.4, 0.5) is 0 Å². The summed E-state index contributed by atoms with van der Waals surface area (Å²) in [6.07, 6.45) is 5.35. The van der Waals surface area contributed by atoms with Crippen molar-refractivity contribution >= 4 is 11.8 Å². The summed E-state index contributed by atoms with van der Waals surface area (Å²) in [6.45, 7) is 5.26. The van der Waals surface area contributed by atoms with E-state index in [0.29, 0.717) is 6.04 Å². The molecule has 2 fully saturated rings. The van der Waals surface area contributed by atoms with Gasteiger partial charge in [-0.15, -0.1) is 0 Å². The number of nitrogens with one attached hydrogen (secondary N) is 1. The highest BCUT2D eigenvalue weighted by atomic mass is 32.2. The summed E-state index contributed by atoms with van der Waals surface area (Å²) in [6, 6.07) is 0.522. The molecule has 0 saturated carbocycles. The quantitative estimate of drug-likeness (QED) is 0.764. The van der Waals surface area contributed by atoms with Crippen LogP contribution in [0.25, 0.3) is 0 Å². The molecule has 2 aliphatic heterocycles. The molecule has 0 aromatic carbocycles. The Morgan fingerprint density at radius 2 is 2.36 bits per heavy atom. The minimum Gasteiger partial charge on any atom is -0.359 e. The fraction of sp³-hybridized carbons (Fsp3) is 1.00. The zero-order valence-electron chi connectivity index (χ0n) is 9.21. The molecule has 82 valence electrons. The molecule has 2 rings (SSSR count). The van der Waals surface area contributed by atoms with Crippen molar-refractivity contribution in [3.63, 3.8) is 0 Å². The highest BCUT2D eigenvalue weighted by molar-refractivity contribution is 7.99. The van der Waals surface area contributed by atoms with E-state index in [1.165, 1.54) is 31.4 Å². The Labute approximate surface area is 91.2 Å². The summed E-state index contributed by atoms with van der Waals surface area (Å²) in [5.74, 6) is 1.34. The van der Waals surface area contributed by atoms with Crippen LogP contribution in [0.15, 0.2) is 0 Å². The van der Waals surface area contributed by atoms with Gasteiger partial charge in [0.15, 0.2) is 0 Å². The van der Waals surface area contributed by atoms with Crippen molar-refractivity contribution in [3.05, 3.63) is 0 Å². The summed E-state index contributed by atoms with van der Waals surface area (Å²) in [5.41, 5.74) is -0.0472. The summed E-state index contributed by atoms with van der Waals surface area (Å²) in [7, 11) is 0. The standard InChI is InChI=1S/C11H21NOS/c1-9-8-13-11(2,12-9)7-10-5-3-4-6-14-10/h9-10,12H,3-8H2,1-2H3. The van der Waals surface area contributed by atoms with Gasteiger partial charge in [-0.25, -0.2) is 0 Å². The van der Waals surface area contributed by atoms with Gasteiger partial charge < -0.3 is 4.74 Å². The molecule has 0 aliphatic carbocycles. The Morgan fingerprint density at radius 3 is 2.93 bits per heavy atom. The summed E-state index contributed by atoms with van der Waals surface area (Å²) in [5, 5.41) is 4.35. The zero-order chi connectivity index (χ0) is 10.0. The molecule has 14 heavy (non-hydrogen) atoms. The lowest BCUT2D eigenvalue weighted by molar-refractivity contribution is -0.00139. The Kier molecular flexibility index (Phi) is 3.40. The molecule has 2 nitrogen and oxygen atoms in total. The Balaban J connectivity index is 1.83. The average molecular weight is 215 g/mol. The van der Waals surface area contributed by atoms with Gasteiger partial charge in [-0.05, 0) is 32.4 Å². The van der Waals surface area contributed by atoms with Gasteiger partial charge in [0, 0.05) is 17.7 Å². The molecule has 2 saturated heterocycles. The third kappa shape index (κ3) is 2.65. The van der Waals surface area contributed by atoms with Crippen molar-refractivity contribution in [1.29, 1.82) is 0 Å². The van der Waals surface area contributed by atoms with Crippen molar-refractivity contribution in [2.45, 2.75) is 56.5 Å². The van der Waals surface area contributed by atoms with Crippen LogP contribution in [0.1, 0.15) is 39.5 Å². The molecule has 0 aromatic heterocycles. The number of hydrogen-bond donors (Lipinski definition) is 1. The number of thioether (sulfide) groups is 1. The van der Waals surface area contributed by atoms with Crippen LogP contribution < -0.4 is 5.32 Å². The van der Waals surface area contributed by atoms with Gasteiger partial charge in [0.25, 0.3) is 0 Å². The minimum absolute atomic E-state index is 0.0472. The smallest absolute Gasteiger partial charge is 0.117 e. The number of hydrogen-bond acceptors (Lipinski definition) is 3. The lowest BCUT2D eigenvalue weighted by Crippen LogP contribution is -2.43. The predicted octanol–water partition coefficient (Wildman–Crippen LogP) is 2.39. The summed E-state index contributed by atoms with van der Waals surface area (Å²) < 4.78 is 5.83. The lowest BCUT2D eigenvalue weighted by Gasteiger charge is -2.31. The van der Waals surface area contributed by atoms with Crippen LogP contribution in [0.2, 0.25) is 0 Å². The van der Waals surface area contributed by atoms with Crippen molar-refractivity contribution in [1.82, 2.24) is 5.32 Å². The van der Waals surface area contributed by atoms with Gasteiger partial charge in [-0.3, -0.25) is 5.32 Å². The maximum Gasteiger partial charge on any atom is 0.117 e. The first-order chi connectivity index (χ1) is 6.68. The molecule has 1 N–H and O–H groups in total. The third-order valence-corrected chi connectivity index (χ3v) is 4.49. The maximum atomic E-state index is 5.83. The molecule has 3 unspecified atom stereocenters. The maximum absolute atomic E-state index is 5.83. The van der Waals surface area contributed by atoms with Crippen molar-refractivity contribution in [2.24, 2.45) is 0 Å². The van der Waals surface area contributed by atoms with E-state index >= 15 is 0 Å². The van der Waals surface area contributed by atoms with Gasteiger partial charge in [-0.2, -0.15) is 11.8 Å². The monoisotopic (exact) mass is 215 g/mol. The van der Waals surface area contributed by atoms with Crippen molar-refractivity contribution < 1.29 is 4.74 Å². The molecule has 3 atom stereocenters. The number of rotatable bonds is 2. The lowest BCUT2D eigenvalue weighted by atomic mass is 10.0. The fourth-order valence-electron chi connectivity index (χ4n) is 2.43. The van der Waals surface area contributed by atoms with E-state index in [9.17, 15) is 0 Å². The molecule has 0 aromatic rings. The van der Waals surface area contributed by atoms with Crippen LogP contribution in [0, 0.1) is 0 Å². The van der Waals surface area contributed by atoms with Crippen LogP contribution in [0.3, 0.4) is 0 Å². The van der Waals surface area contributed by atoms with Crippen LogP contribution in [-0.4, -0.2) is 29.4 Å². The van der Waals surface area contributed by atoms with E-state index in [4.69, 9.17) is 4.74 Å². The van der Waals surface area contributed by atoms with Crippen molar-refractivity contribution in [3.8, 4) is 0 Å². The van der Waals surface area contributed by atoms with Crippen LogP contribution in [-0.2, 0) is 4.74 Å². The molecule has 3 heteroatoms.